The van der Waals surface area contributed by atoms with Gasteiger partial charge in [-0.3, -0.25) is 9.59 Å². The average Bonchev–Trinajstić information content (AvgIpc) is 3.36. The van der Waals surface area contributed by atoms with Gasteiger partial charge in [-0.25, -0.2) is 0 Å². The van der Waals surface area contributed by atoms with Gasteiger partial charge in [0, 0.05) is 23.2 Å². The zero-order chi connectivity index (χ0) is 21.3. The van der Waals surface area contributed by atoms with Crippen molar-refractivity contribution in [3.63, 3.8) is 0 Å². The Morgan fingerprint density at radius 3 is 2.47 bits per heavy atom. The number of hydrogen-bond donors (Lipinski definition) is 1. The van der Waals surface area contributed by atoms with Gasteiger partial charge in [0.2, 0.25) is 0 Å². The average molecular weight is 472 g/mol. The summed E-state index contributed by atoms with van der Waals surface area (Å²) in [5.41, 5.74) is 1.30. The molecule has 0 aliphatic carbocycles. The molecule has 1 N–H and O–H groups in total. The summed E-state index contributed by atoms with van der Waals surface area (Å²) in [5, 5.41) is 11.0. The molecule has 2 saturated heterocycles. The van der Waals surface area contributed by atoms with E-state index in [1.807, 2.05) is 24.3 Å². The van der Waals surface area contributed by atoms with E-state index < -0.39 is 17.7 Å². The fraction of sp³-hybridized carbons (Fsp3) is 0.304. The molecule has 2 aromatic carbocycles. The molecule has 30 heavy (non-hydrogen) atoms. The van der Waals surface area contributed by atoms with Crippen molar-refractivity contribution in [1.29, 1.82) is 0 Å². The fourth-order valence-corrected chi connectivity index (χ4v) is 4.24. The number of hydrogen-bond acceptors (Lipinski definition) is 5. The monoisotopic (exact) mass is 471 g/mol. The van der Waals surface area contributed by atoms with Crippen molar-refractivity contribution in [1.82, 2.24) is 4.90 Å². The molecule has 4 rings (SSSR count). The van der Waals surface area contributed by atoms with Crippen molar-refractivity contribution in [2.24, 2.45) is 0 Å². The minimum absolute atomic E-state index is 0.0884. The molecule has 2 atom stereocenters. The Morgan fingerprint density at radius 1 is 1.17 bits per heavy atom. The molecule has 156 valence electrons. The van der Waals surface area contributed by atoms with Crippen LogP contribution in [0.25, 0.3) is 5.76 Å². The van der Waals surface area contributed by atoms with Crippen LogP contribution in [-0.4, -0.2) is 48.1 Å². The lowest BCUT2D eigenvalue weighted by molar-refractivity contribution is -0.140. The Labute approximate surface area is 183 Å². The highest BCUT2D eigenvalue weighted by atomic mass is 79.9. The third kappa shape index (κ3) is 3.87. The Balaban J connectivity index is 1.80. The highest BCUT2D eigenvalue weighted by Gasteiger charge is 2.47. The minimum Gasteiger partial charge on any atom is -0.507 e. The number of aliphatic hydroxyl groups excluding tert-OH is 1. The molecule has 2 aliphatic rings. The second-order valence-electron chi connectivity index (χ2n) is 7.37. The zero-order valence-corrected chi connectivity index (χ0v) is 18.1. The second-order valence-corrected chi connectivity index (χ2v) is 8.28. The van der Waals surface area contributed by atoms with Gasteiger partial charge >= 0.3 is 0 Å². The van der Waals surface area contributed by atoms with E-state index in [0.717, 1.165) is 22.9 Å². The topological polar surface area (TPSA) is 76.1 Å². The summed E-state index contributed by atoms with van der Waals surface area (Å²) in [6.07, 6.45) is 1.67. The fourth-order valence-electron chi connectivity index (χ4n) is 3.97. The molecule has 1 amide bonds. The van der Waals surface area contributed by atoms with Crippen molar-refractivity contribution in [3.05, 3.63) is 69.7 Å². The summed E-state index contributed by atoms with van der Waals surface area (Å²) in [6.45, 7) is 0.966. The van der Waals surface area contributed by atoms with E-state index >= 15 is 0 Å². The number of Topliss-reactive ketones (excluding diaryl/α,β-unsaturated/α-hetero) is 1. The lowest BCUT2D eigenvalue weighted by Gasteiger charge is -2.27. The standard InChI is InChI=1S/C23H22BrNO5/c1-29-17-10-6-15(7-11-17)21(26)19-20(14-4-8-16(24)9-5-14)25(23(28)22(19)27)13-18-3-2-12-30-18/h4-11,18,20,26H,2-3,12-13H2,1H3/b21-19+/t18-,20+/m1/s1. The third-order valence-corrected chi connectivity index (χ3v) is 6.04. The quantitative estimate of drug-likeness (QED) is 0.404. The van der Waals surface area contributed by atoms with E-state index in [0.29, 0.717) is 24.5 Å². The number of benzene rings is 2. The first-order valence-electron chi connectivity index (χ1n) is 9.79. The van der Waals surface area contributed by atoms with Crippen molar-refractivity contribution < 1.29 is 24.2 Å². The molecular weight excluding hydrogens is 450 g/mol. The van der Waals surface area contributed by atoms with Gasteiger partial charge in [0.05, 0.1) is 24.8 Å². The summed E-state index contributed by atoms with van der Waals surface area (Å²) >= 11 is 3.42. The number of halogens is 1. The smallest absolute Gasteiger partial charge is 0.295 e. The third-order valence-electron chi connectivity index (χ3n) is 5.51. The highest BCUT2D eigenvalue weighted by molar-refractivity contribution is 9.10. The lowest BCUT2D eigenvalue weighted by Crippen LogP contribution is -2.36. The minimum atomic E-state index is -0.686. The second kappa shape index (κ2) is 8.62. The van der Waals surface area contributed by atoms with Gasteiger partial charge in [0.25, 0.3) is 11.7 Å². The molecule has 0 saturated carbocycles. The molecule has 0 radical (unpaired) electrons. The summed E-state index contributed by atoms with van der Waals surface area (Å²) in [6, 6.07) is 13.5. The number of aliphatic hydroxyl groups is 1. The maximum absolute atomic E-state index is 13.0. The number of amides is 1. The number of carbonyl (C=O) groups excluding carboxylic acids is 2. The van der Waals surface area contributed by atoms with Crippen LogP contribution < -0.4 is 4.74 Å². The van der Waals surface area contributed by atoms with Crippen LogP contribution in [-0.2, 0) is 14.3 Å². The molecule has 7 heteroatoms. The number of rotatable bonds is 5. The van der Waals surface area contributed by atoms with E-state index in [1.165, 1.54) is 4.90 Å². The predicted molar refractivity (Wildman–Crippen MR) is 115 cm³/mol. The lowest BCUT2D eigenvalue weighted by atomic mass is 9.95. The van der Waals surface area contributed by atoms with Crippen molar-refractivity contribution in [2.45, 2.75) is 25.0 Å². The molecule has 2 fully saturated rings. The van der Waals surface area contributed by atoms with Gasteiger partial charge in [-0.15, -0.1) is 0 Å². The molecule has 2 aliphatic heterocycles. The molecule has 2 heterocycles. The van der Waals surface area contributed by atoms with Gasteiger partial charge in [0.1, 0.15) is 11.5 Å². The predicted octanol–water partition coefficient (Wildman–Crippen LogP) is 4.06. The normalized spacial score (nSPS) is 23.2. The zero-order valence-electron chi connectivity index (χ0n) is 16.5. The first kappa shape index (κ1) is 20.6. The molecule has 2 aromatic rings. The molecule has 0 spiro atoms. The summed E-state index contributed by atoms with van der Waals surface area (Å²) in [5.74, 6) is -0.865. The number of ether oxygens (including phenoxy) is 2. The maximum atomic E-state index is 13.0. The Kier molecular flexibility index (Phi) is 5.92. The van der Waals surface area contributed by atoms with Gasteiger partial charge in [-0.1, -0.05) is 28.1 Å². The van der Waals surface area contributed by atoms with Crippen molar-refractivity contribution >= 4 is 33.4 Å². The van der Waals surface area contributed by atoms with Gasteiger partial charge < -0.3 is 19.5 Å². The first-order valence-corrected chi connectivity index (χ1v) is 10.6. The number of nitrogens with zero attached hydrogens (tertiary/aromatic N) is 1. The van der Waals surface area contributed by atoms with Crippen LogP contribution in [0.2, 0.25) is 0 Å². The maximum Gasteiger partial charge on any atom is 0.295 e. The number of methoxy groups -OCH3 is 1. The molecular formula is C23H22BrNO5. The molecule has 0 aromatic heterocycles. The van der Waals surface area contributed by atoms with Crippen LogP contribution in [0.1, 0.15) is 30.0 Å². The number of likely N-dealkylation sites (tertiary alicyclic amines) is 1. The van der Waals surface area contributed by atoms with Crippen LogP contribution in [0, 0.1) is 0 Å². The van der Waals surface area contributed by atoms with E-state index in [2.05, 4.69) is 15.9 Å². The van der Waals surface area contributed by atoms with E-state index in [-0.39, 0.29) is 17.4 Å². The van der Waals surface area contributed by atoms with E-state index in [1.54, 1.807) is 31.4 Å². The Morgan fingerprint density at radius 2 is 1.87 bits per heavy atom. The van der Waals surface area contributed by atoms with Crippen LogP contribution in [0.5, 0.6) is 5.75 Å². The molecule has 0 bridgehead atoms. The van der Waals surface area contributed by atoms with Crippen LogP contribution >= 0.6 is 15.9 Å². The van der Waals surface area contributed by atoms with Crippen LogP contribution in [0.3, 0.4) is 0 Å². The summed E-state index contributed by atoms with van der Waals surface area (Å²) in [4.78, 5) is 27.5. The SMILES string of the molecule is COc1ccc(/C(O)=C2\C(=O)C(=O)N(C[C@H]3CCCO3)[C@H]2c2ccc(Br)cc2)cc1. The van der Waals surface area contributed by atoms with Crippen LogP contribution in [0.15, 0.2) is 58.6 Å². The van der Waals surface area contributed by atoms with E-state index in [4.69, 9.17) is 9.47 Å². The molecule has 0 unspecified atom stereocenters. The van der Waals surface area contributed by atoms with Crippen LogP contribution in [0.4, 0.5) is 0 Å². The van der Waals surface area contributed by atoms with Crippen molar-refractivity contribution in [3.8, 4) is 5.75 Å². The number of carbonyl (C=O) groups is 2. The number of ketones is 1. The summed E-state index contributed by atoms with van der Waals surface area (Å²) < 4.78 is 11.7. The first-order chi connectivity index (χ1) is 14.5. The Hall–Kier alpha value is -2.64. The van der Waals surface area contributed by atoms with Crippen molar-refractivity contribution in [2.75, 3.05) is 20.3 Å². The molecule has 6 nitrogen and oxygen atoms in total. The van der Waals surface area contributed by atoms with Gasteiger partial charge in [-0.05, 0) is 54.8 Å². The highest BCUT2D eigenvalue weighted by Crippen LogP contribution is 2.40. The van der Waals surface area contributed by atoms with Gasteiger partial charge in [-0.2, -0.15) is 0 Å². The Bertz CT molecular complexity index is 978. The summed E-state index contributed by atoms with van der Waals surface area (Å²) in [7, 11) is 1.55. The largest absolute Gasteiger partial charge is 0.507 e. The van der Waals surface area contributed by atoms with Gasteiger partial charge in [0.15, 0.2) is 0 Å². The van der Waals surface area contributed by atoms with E-state index in [9.17, 15) is 14.7 Å².